The van der Waals surface area contributed by atoms with Crippen LogP contribution in [0.2, 0.25) is 0 Å². The molecule has 2 aromatic rings. The van der Waals surface area contributed by atoms with Gasteiger partial charge in [-0.25, -0.2) is 0 Å². The van der Waals surface area contributed by atoms with Gasteiger partial charge in [0.05, 0.1) is 25.8 Å². The zero-order chi connectivity index (χ0) is 18.9. The molecule has 3 rings (SSSR count). The molecule has 0 spiro atoms. The number of rotatable bonds is 7. The van der Waals surface area contributed by atoms with Gasteiger partial charge in [-0.05, 0) is 61.6 Å². The third kappa shape index (κ3) is 5.52. The first-order valence-electron chi connectivity index (χ1n) is 9.53. The van der Waals surface area contributed by atoms with Crippen molar-refractivity contribution in [3.63, 3.8) is 0 Å². The Balaban J connectivity index is 1.69. The second kappa shape index (κ2) is 9.68. The number of hydrogen-bond acceptors (Lipinski definition) is 4. The Hall–Kier alpha value is -2.93. The Morgan fingerprint density at radius 3 is 2.59 bits per heavy atom. The van der Waals surface area contributed by atoms with Crippen LogP contribution < -0.4 is 14.8 Å². The van der Waals surface area contributed by atoms with E-state index in [1.807, 2.05) is 54.6 Å². The van der Waals surface area contributed by atoms with Gasteiger partial charge in [-0.2, -0.15) is 5.26 Å². The highest BCUT2D eigenvalue weighted by Crippen LogP contribution is 2.32. The van der Waals surface area contributed by atoms with Gasteiger partial charge in [0.1, 0.15) is 0 Å². The number of hydrogen-bond donors (Lipinski definition) is 1. The SMILES string of the molecule is COc1cc(C=C(C#N)CNc2ccccc2)ccc1OC1CCCCC1. The molecular formula is C23H26N2O2. The second-order valence-electron chi connectivity index (χ2n) is 6.79. The zero-order valence-corrected chi connectivity index (χ0v) is 15.8. The van der Waals surface area contributed by atoms with E-state index in [1.165, 1.54) is 19.3 Å². The van der Waals surface area contributed by atoms with E-state index in [4.69, 9.17) is 9.47 Å². The largest absolute Gasteiger partial charge is 0.493 e. The molecule has 0 saturated heterocycles. The van der Waals surface area contributed by atoms with Crippen LogP contribution in [0.3, 0.4) is 0 Å². The summed E-state index contributed by atoms with van der Waals surface area (Å²) in [4.78, 5) is 0. The first-order chi connectivity index (χ1) is 13.3. The molecule has 0 aliphatic heterocycles. The van der Waals surface area contributed by atoms with Crippen molar-refractivity contribution >= 4 is 11.8 Å². The van der Waals surface area contributed by atoms with Gasteiger partial charge in [0.2, 0.25) is 0 Å². The fourth-order valence-corrected chi connectivity index (χ4v) is 3.31. The summed E-state index contributed by atoms with van der Waals surface area (Å²) < 4.78 is 11.7. The minimum atomic E-state index is 0.277. The highest BCUT2D eigenvalue weighted by Gasteiger charge is 2.17. The van der Waals surface area contributed by atoms with E-state index in [0.717, 1.165) is 29.8 Å². The number of ether oxygens (including phenoxy) is 2. The maximum absolute atomic E-state index is 9.45. The first kappa shape index (κ1) is 18.8. The standard InChI is InChI=1S/C23H26N2O2/c1-26-23-15-18(12-13-22(23)27-21-10-6-3-7-11-21)14-19(16-24)17-25-20-8-4-2-5-9-20/h2,4-5,8-9,12-15,21,25H,3,6-7,10-11,17H2,1H3. The molecule has 4 heteroatoms. The van der Waals surface area contributed by atoms with Crippen LogP contribution in [0.15, 0.2) is 54.1 Å². The third-order valence-electron chi connectivity index (χ3n) is 4.77. The van der Waals surface area contributed by atoms with E-state index in [2.05, 4.69) is 11.4 Å². The van der Waals surface area contributed by atoms with Crippen molar-refractivity contribution in [3.05, 3.63) is 59.7 Å². The van der Waals surface area contributed by atoms with Crippen LogP contribution in [-0.2, 0) is 0 Å². The quantitative estimate of drug-likeness (QED) is 0.668. The molecule has 4 nitrogen and oxygen atoms in total. The molecule has 1 saturated carbocycles. The van der Waals surface area contributed by atoms with E-state index >= 15 is 0 Å². The van der Waals surface area contributed by atoms with E-state index in [9.17, 15) is 5.26 Å². The third-order valence-corrected chi connectivity index (χ3v) is 4.77. The van der Waals surface area contributed by atoms with Crippen LogP contribution in [0.25, 0.3) is 6.08 Å². The van der Waals surface area contributed by atoms with Crippen molar-refractivity contribution in [2.45, 2.75) is 38.2 Å². The Morgan fingerprint density at radius 2 is 1.89 bits per heavy atom. The van der Waals surface area contributed by atoms with E-state index in [0.29, 0.717) is 17.9 Å². The summed E-state index contributed by atoms with van der Waals surface area (Å²) in [5, 5.41) is 12.7. The van der Waals surface area contributed by atoms with Crippen LogP contribution in [-0.4, -0.2) is 19.8 Å². The second-order valence-corrected chi connectivity index (χ2v) is 6.79. The van der Waals surface area contributed by atoms with Crippen molar-refractivity contribution < 1.29 is 9.47 Å². The summed E-state index contributed by atoms with van der Waals surface area (Å²) in [5.41, 5.74) is 2.57. The number of nitrogens with one attached hydrogen (secondary N) is 1. The van der Waals surface area contributed by atoms with Gasteiger partial charge in [-0.15, -0.1) is 0 Å². The highest BCUT2D eigenvalue weighted by molar-refractivity contribution is 5.62. The van der Waals surface area contributed by atoms with Crippen molar-refractivity contribution in [1.29, 1.82) is 5.26 Å². The van der Waals surface area contributed by atoms with Crippen molar-refractivity contribution in [3.8, 4) is 17.6 Å². The fraction of sp³-hybridized carbons (Fsp3) is 0.348. The maximum atomic E-state index is 9.45. The van der Waals surface area contributed by atoms with Gasteiger partial charge in [0.15, 0.2) is 11.5 Å². The molecular weight excluding hydrogens is 336 g/mol. The van der Waals surface area contributed by atoms with Crippen LogP contribution in [0.1, 0.15) is 37.7 Å². The van der Waals surface area contributed by atoms with E-state index in [1.54, 1.807) is 7.11 Å². The normalized spacial score (nSPS) is 15.0. The summed E-state index contributed by atoms with van der Waals surface area (Å²) in [7, 11) is 1.65. The molecule has 1 N–H and O–H groups in total. The smallest absolute Gasteiger partial charge is 0.161 e. The minimum Gasteiger partial charge on any atom is -0.493 e. The molecule has 0 atom stereocenters. The average molecular weight is 362 g/mol. The molecule has 0 amide bonds. The van der Waals surface area contributed by atoms with Crippen LogP contribution in [0.4, 0.5) is 5.69 Å². The number of benzene rings is 2. The van der Waals surface area contributed by atoms with Gasteiger partial charge in [0.25, 0.3) is 0 Å². The van der Waals surface area contributed by atoms with Crippen molar-refractivity contribution in [1.82, 2.24) is 0 Å². The molecule has 0 bridgehead atoms. The lowest BCUT2D eigenvalue weighted by Crippen LogP contribution is -2.19. The van der Waals surface area contributed by atoms with Crippen LogP contribution in [0.5, 0.6) is 11.5 Å². The molecule has 1 aliphatic rings. The van der Waals surface area contributed by atoms with Gasteiger partial charge in [-0.1, -0.05) is 30.7 Å². The Labute approximate surface area is 161 Å². The highest BCUT2D eigenvalue weighted by atomic mass is 16.5. The van der Waals surface area contributed by atoms with Crippen LogP contribution in [0, 0.1) is 11.3 Å². The van der Waals surface area contributed by atoms with E-state index < -0.39 is 0 Å². The lowest BCUT2D eigenvalue weighted by atomic mass is 9.98. The minimum absolute atomic E-state index is 0.277. The Morgan fingerprint density at radius 1 is 1.11 bits per heavy atom. The summed E-state index contributed by atoms with van der Waals surface area (Å²) in [6.45, 7) is 0.475. The molecule has 27 heavy (non-hydrogen) atoms. The van der Waals surface area contributed by atoms with Crippen molar-refractivity contribution in [2.24, 2.45) is 0 Å². The molecule has 1 fully saturated rings. The molecule has 2 aromatic carbocycles. The van der Waals surface area contributed by atoms with E-state index in [-0.39, 0.29) is 6.10 Å². The topological polar surface area (TPSA) is 54.3 Å². The van der Waals surface area contributed by atoms with Gasteiger partial charge in [0, 0.05) is 11.3 Å². The number of methoxy groups -OCH3 is 1. The molecule has 0 unspecified atom stereocenters. The number of anilines is 1. The monoisotopic (exact) mass is 362 g/mol. The molecule has 1 aliphatic carbocycles. The summed E-state index contributed by atoms with van der Waals surface area (Å²) >= 11 is 0. The average Bonchev–Trinajstić information content (AvgIpc) is 2.73. The lowest BCUT2D eigenvalue weighted by Gasteiger charge is -2.24. The lowest BCUT2D eigenvalue weighted by molar-refractivity contribution is 0.149. The number of nitriles is 1. The van der Waals surface area contributed by atoms with Crippen LogP contribution >= 0.6 is 0 Å². The first-order valence-corrected chi connectivity index (χ1v) is 9.53. The number of para-hydroxylation sites is 1. The summed E-state index contributed by atoms with van der Waals surface area (Å²) in [6, 6.07) is 18.0. The van der Waals surface area contributed by atoms with Gasteiger partial charge in [-0.3, -0.25) is 0 Å². The molecule has 0 aromatic heterocycles. The molecule has 0 heterocycles. The van der Waals surface area contributed by atoms with Crippen molar-refractivity contribution in [2.75, 3.05) is 19.0 Å². The molecule has 140 valence electrons. The molecule has 0 radical (unpaired) electrons. The number of nitrogens with zero attached hydrogens (tertiary/aromatic N) is 1. The predicted molar refractivity (Wildman–Crippen MR) is 109 cm³/mol. The Kier molecular flexibility index (Phi) is 6.76. The van der Waals surface area contributed by atoms with Gasteiger partial charge >= 0.3 is 0 Å². The maximum Gasteiger partial charge on any atom is 0.161 e. The summed E-state index contributed by atoms with van der Waals surface area (Å²) in [5.74, 6) is 1.49. The fourth-order valence-electron chi connectivity index (χ4n) is 3.31. The Bertz CT molecular complexity index is 803. The predicted octanol–water partition coefficient (Wildman–Crippen LogP) is 5.43. The zero-order valence-electron chi connectivity index (χ0n) is 15.8. The summed E-state index contributed by atoms with van der Waals surface area (Å²) in [6.07, 6.45) is 8.13. The van der Waals surface area contributed by atoms with Gasteiger partial charge < -0.3 is 14.8 Å².